The van der Waals surface area contributed by atoms with Crippen molar-refractivity contribution in [3.05, 3.63) is 82.4 Å². The molecule has 172 valence electrons. The van der Waals surface area contributed by atoms with Gasteiger partial charge in [0.05, 0.1) is 36.3 Å². The van der Waals surface area contributed by atoms with E-state index in [1.54, 1.807) is 18.5 Å². The minimum Gasteiger partial charge on any atom is -0.468 e. The summed E-state index contributed by atoms with van der Waals surface area (Å²) in [4.78, 5) is 28.5. The third-order valence-corrected chi connectivity index (χ3v) is 7.80. The number of esters is 1. The predicted molar refractivity (Wildman–Crippen MR) is 121 cm³/mol. The van der Waals surface area contributed by atoms with Crippen molar-refractivity contribution in [2.75, 3.05) is 7.11 Å². The molecule has 1 atom stereocenters. The van der Waals surface area contributed by atoms with Crippen molar-refractivity contribution < 1.29 is 22.7 Å². The Morgan fingerprint density at radius 2 is 1.79 bits per heavy atom. The summed E-state index contributed by atoms with van der Waals surface area (Å²) in [6, 6.07) is 12.0. The zero-order chi connectivity index (χ0) is 23.8. The van der Waals surface area contributed by atoms with Crippen LogP contribution < -0.4 is 0 Å². The number of sulfonamides is 1. The molecule has 0 saturated carbocycles. The zero-order valence-electron chi connectivity index (χ0n) is 18.1. The minimum absolute atomic E-state index is 0.00591. The fraction of sp³-hybridized carbons (Fsp3) is 0.261. The van der Waals surface area contributed by atoms with E-state index in [-0.39, 0.29) is 23.6 Å². The molecule has 3 aromatic rings. The number of ether oxygens (including phenoxy) is 1. The summed E-state index contributed by atoms with van der Waals surface area (Å²) in [5.74, 6) is -0.822. The Hall–Kier alpha value is -3.01. The van der Waals surface area contributed by atoms with E-state index in [4.69, 9.17) is 16.3 Å². The number of fused-ring (bicyclic) bond motifs is 1. The van der Waals surface area contributed by atoms with Crippen LogP contribution in [-0.4, -0.2) is 47.2 Å². The van der Waals surface area contributed by atoms with Gasteiger partial charge in [-0.05, 0) is 36.8 Å². The minimum atomic E-state index is -4.06. The molecule has 0 radical (unpaired) electrons. The van der Waals surface area contributed by atoms with Crippen LogP contribution in [-0.2, 0) is 39.1 Å². The molecule has 0 bridgehead atoms. The van der Waals surface area contributed by atoms with E-state index in [1.807, 2.05) is 16.7 Å². The van der Waals surface area contributed by atoms with Crippen molar-refractivity contribution in [1.82, 2.24) is 13.9 Å². The maximum Gasteiger partial charge on any atom is 0.324 e. The summed E-state index contributed by atoms with van der Waals surface area (Å²) in [5, 5.41) is 0.625. The Morgan fingerprint density at radius 3 is 2.39 bits per heavy atom. The highest BCUT2D eigenvalue weighted by Crippen LogP contribution is 2.30. The average Bonchev–Trinajstić information content (AvgIpc) is 3.21. The molecule has 4 rings (SSSR count). The van der Waals surface area contributed by atoms with E-state index in [1.165, 1.54) is 38.3 Å². The number of Topliss-reactive ketones (excluding diaryl/α,β-unsaturated/α-hetero) is 1. The molecule has 0 amide bonds. The van der Waals surface area contributed by atoms with Crippen molar-refractivity contribution in [3.63, 3.8) is 0 Å². The molecule has 0 spiro atoms. The van der Waals surface area contributed by atoms with Crippen molar-refractivity contribution in [3.8, 4) is 0 Å². The summed E-state index contributed by atoms with van der Waals surface area (Å²) in [6.07, 6.45) is 1.74. The molecule has 0 saturated heterocycles. The van der Waals surface area contributed by atoms with Gasteiger partial charge in [0.1, 0.15) is 6.04 Å². The first-order valence-corrected chi connectivity index (χ1v) is 12.0. The zero-order valence-corrected chi connectivity index (χ0v) is 19.6. The van der Waals surface area contributed by atoms with Crippen LogP contribution in [0.4, 0.5) is 0 Å². The quantitative estimate of drug-likeness (QED) is 0.391. The van der Waals surface area contributed by atoms with Crippen LogP contribution in [0.5, 0.6) is 0 Å². The number of carbonyl (C=O) groups excluding carboxylic acids is 2. The smallest absolute Gasteiger partial charge is 0.324 e. The van der Waals surface area contributed by atoms with Gasteiger partial charge in [-0.15, -0.1) is 0 Å². The summed E-state index contributed by atoms with van der Waals surface area (Å²) in [7, 11) is -2.84. The first-order chi connectivity index (χ1) is 15.7. The monoisotopic (exact) mass is 487 g/mol. The number of halogens is 1. The number of nitrogens with zero attached hydrogens (tertiary/aromatic N) is 3. The largest absolute Gasteiger partial charge is 0.468 e. The molecule has 8 nitrogen and oxygen atoms in total. The third kappa shape index (κ3) is 4.57. The lowest BCUT2D eigenvalue weighted by Crippen LogP contribution is -2.49. The number of aromatic nitrogens is 2. The van der Waals surface area contributed by atoms with Crippen LogP contribution in [0.25, 0.3) is 0 Å². The number of ketones is 1. The Kier molecular flexibility index (Phi) is 6.38. The maximum absolute atomic E-state index is 13.5. The SMILES string of the molecule is COC(=O)C1Cc2ncn(Cc3ccc(Cl)cc3)c2CN1S(=O)(=O)c1ccc(C(C)=O)cc1. The summed E-state index contributed by atoms with van der Waals surface area (Å²) in [5.41, 5.74) is 2.73. The molecule has 1 unspecified atom stereocenters. The second-order valence-electron chi connectivity index (χ2n) is 7.77. The van der Waals surface area contributed by atoms with Crippen molar-refractivity contribution >= 4 is 33.4 Å². The molecule has 2 heterocycles. The second-order valence-corrected chi connectivity index (χ2v) is 10.1. The molecule has 33 heavy (non-hydrogen) atoms. The Balaban J connectivity index is 1.70. The van der Waals surface area contributed by atoms with Crippen LogP contribution in [0.1, 0.15) is 34.2 Å². The van der Waals surface area contributed by atoms with Gasteiger partial charge in [0.25, 0.3) is 0 Å². The average molecular weight is 488 g/mol. The Morgan fingerprint density at radius 1 is 1.12 bits per heavy atom. The Labute approximate surface area is 196 Å². The van der Waals surface area contributed by atoms with Gasteiger partial charge in [0.15, 0.2) is 5.78 Å². The summed E-state index contributed by atoms with van der Waals surface area (Å²) in [6.45, 7) is 1.84. The van der Waals surface area contributed by atoms with Crippen LogP contribution in [0, 0.1) is 0 Å². The molecular formula is C23H22ClN3O5S. The topological polar surface area (TPSA) is 98.6 Å². The highest BCUT2D eigenvalue weighted by molar-refractivity contribution is 7.89. The fourth-order valence-electron chi connectivity index (χ4n) is 3.85. The van der Waals surface area contributed by atoms with E-state index in [0.29, 0.717) is 28.5 Å². The molecule has 0 N–H and O–H groups in total. The maximum atomic E-state index is 13.5. The number of imidazole rings is 1. The predicted octanol–water partition coefficient (Wildman–Crippen LogP) is 3.08. The van der Waals surface area contributed by atoms with E-state index >= 15 is 0 Å². The van der Waals surface area contributed by atoms with Crippen LogP contribution in [0.15, 0.2) is 59.8 Å². The molecule has 10 heteroatoms. The second kappa shape index (κ2) is 9.09. The van der Waals surface area contributed by atoms with E-state index < -0.39 is 22.0 Å². The molecular weight excluding hydrogens is 466 g/mol. The Bertz CT molecular complexity index is 1300. The highest BCUT2D eigenvalue weighted by Gasteiger charge is 2.42. The van der Waals surface area contributed by atoms with Gasteiger partial charge in [-0.1, -0.05) is 35.9 Å². The van der Waals surface area contributed by atoms with Gasteiger partial charge in [-0.2, -0.15) is 4.31 Å². The van der Waals surface area contributed by atoms with Crippen molar-refractivity contribution in [2.45, 2.75) is 37.4 Å². The number of hydrogen-bond acceptors (Lipinski definition) is 6. The van der Waals surface area contributed by atoms with Crippen molar-refractivity contribution in [1.29, 1.82) is 0 Å². The van der Waals surface area contributed by atoms with Gasteiger partial charge in [0, 0.05) is 23.6 Å². The first-order valence-electron chi connectivity index (χ1n) is 10.2. The van der Waals surface area contributed by atoms with Crippen molar-refractivity contribution in [2.24, 2.45) is 0 Å². The third-order valence-electron chi connectivity index (χ3n) is 5.68. The number of carbonyl (C=O) groups is 2. The normalized spacial score (nSPS) is 16.3. The number of rotatable bonds is 6. The first kappa shape index (κ1) is 23.2. The van der Waals surface area contributed by atoms with E-state index in [9.17, 15) is 18.0 Å². The molecule has 2 aromatic carbocycles. The van der Waals surface area contributed by atoms with E-state index in [0.717, 1.165) is 9.87 Å². The van der Waals surface area contributed by atoms with Gasteiger partial charge >= 0.3 is 5.97 Å². The lowest BCUT2D eigenvalue weighted by molar-refractivity contribution is -0.145. The standard InChI is InChI=1S/C23H22ClN3O5S/c1-15(28)17-5-9-19(10-6-17)33(30,31)27-13-22-20(11-21(27)23(29)32-2)25-14-26(22)12-16-3-7-18(24)8-4-16/h3-10,14,21H,11-13H2,1-2H3. The fourth-order valence-corrected chi connectivity index (χ4v) is 5.52. The molecule has 0 fully saturated rings. The summed E-state index contributed by atoms with van der Waals surface area (Å²) < 4.78 is 35.0. The number of methoxy groups -OCH3 is 1. The van der Waals surface area contributed by atoms with Gasteiger partial charge in [0.2, 0.25) is 10.0 Å². The van der Waals surface area contributed by atoms with Crippen LogP contribution in [0.2, 0.25) is 5.02 Å². The molecule has 0 aliphatic carbocycles. The van der Waals surface area contributed by atoms with E-state index in [2.05, 4.69) is 4.98 Å². The highest BCUT2D eigenvalue weighted by atomic mass is 35.5. The lowest BCUT2D eigenvalue weighted by Gasteiger charge is -2.33. The molecule has 1 aromatic heterocycles. The number of benzene rings is 2. The van der Waals surface area contributed by atoms with Gasteiger partial charge in [-0.3, -0.25) is 9.59 Å². The van der Waals surface area contributed by atoms with Gasteiger partial charge in [-0.25, -0.2) is 13.4 Å². The van der Waals surface area contributed by atoms with Crippen LogP contribution >= 0.6 is 11.6 Å². The molecule has 1 aliphatic rings. The number of hydrogen-bond donors (Lipinski definition) is 0. The summed E-state index contributed by atoms with van der Waals surface area (Å²) >= 11 is 5.97. The van der Waals surface area contributed by atoms with Gasteiger partial charge < -0.3 is 9.30 Å². The van der Waals surface area contributed by atoms with Crippen LogP contribution in [0.3, 0.4) is 0 Å². The lowest BCUT2D eigenvalue weighted by atomic mass is 10.1. The molecule has 1 aliphatic heterocycles.